The van der Waals surface area contributed by atoms with E-state index in [1.54, 1.807) is 6.07 Å². The number of carboxylic acid groups (broad SMARTS) is 1. The van der Waals surface area contributed by atoms with Gasteiger partial charge in [-0.05, 0) is 37.8 Å². The van der Waals surface area contributed by atoms with Crippen molar-refractivity contribution in [3.63, 3.8) is 0 Å². The van der Waals surface area contributed by atoms with Crippen molar-refractivity contribution in [2.24, 2.45) is 0 Å². The minimum absolute atomic E-state index is 0. The summed E-state index contributed by atoms with van der Waals surface area (Å²) in [5, 5.41) is 12.0. The fraction of sp³-hybridized carbons (Fsp3) is 0.562. The summed E-state index contributed by atoms with van der Waals surface area (Å²) in [6.45, 7) is 3.90. The van der Waals surface area contributed by atoms with E-state index in [4.69, 9.17) is 23.2 Å². The van der Waals surface area contributed by atoms with Gasteiger partial charge in [-0.25, -0.2) is 0 Å². The fourth-order valence-electron chi connectivity index (χ4n) is 3.21. The standard InChI is InChI=1S/C16H21Cl2NO2.Na/c17-14-7-6-13(15(18)11-14)12-19(8-2-1-3-9-19)10-4-5-16(20)21;/h6-7,11H,1-5,8-10,12H2;/q;+1. The van der Waals surface area contributed by atoms with E-state index in [1.165, 1.54) is 19.3 Å². The first-order chi connectivity index (χ1) is 10.0. The molecule has 22 heavy (non-hydrogen) atoms. The number of carbonyl (C=O) groups excluding carboxylic acids is 1. The van der Waals surface area contributed by atoms with Crippen molar-refractivity contribution in [3.05, 3.63) is 33.8 Å². The molecule has 116 valence electrons. The van der Waals surface area contributed by atoms with Crippen molar-refractivity contribution in [1.29, 1.82) is 0 Å². The fourth-order valence-corrected chi connectivity index (χ4v) is 3.68. The van der Waals surface area contributed by atoms with Gasteiger partial charge in [-0.1, -0.05) is 29.3 Å². The number of rotatable bonds is 6. The molecule has 0 radical (unpaired) electrons. The van der Waals surface area contributed by atoms with Crippen LogP contribution in [0.15, 0.2) is 18.2 Å². The molecule has 0 amide bonds. The molecular formula is C16H21Cl2NNaO2+. The molecule has 0 atom stereocenters. The van der Waals surface area contributed by atoms with Crippen LogP contribution < -0.4 is 34.7 Å². The van der Waals surface area contributed by atoms with Gasteiger partial charge in [0.05, 0.1) is 24.7 Å². The molecule has 0 aliphatic carbocycles. The summed E-state index contributed by atoms with van der Waals surface area (Å²) in [5.74, 6) is -0.963. The molecule has 6 heteroatoms. The number of aliphatic carboxylic acids is 1. The maximum absolute atomic E-state index is 10.6. The van der Waals surface area contributed by atoms with E-state index < -0.39 is 5.97 Å². The molecule has 1 fully saturated rings. The van der Waals surface area contributed by atoms with Gasteiger partial charge in [-0.2, -0.15) is 0 Å². The Labute approximate surface area is 164 Å². The molecule has 1 aliphatic rings. The molecule has 1 aliphatic heterocycles. The number of likely N-dealkylation sites (tertiary alicyclic amines) is 1. The number of benzene rings is 1. The molecule has 1 aromatic rings. The van der Waals surface area contributed by atoms with Crippen LogP contribution in [0.5, 0.6) is 0 Å². The molecule has 1 heterocycles. The van der Waals surface area contributed by atoms with Crippen LogP contribution in [0.3, 0.4) is 0 Å². The molecule has 1 saturated heterocycles. The smallest absolute Gasteiger partial charge is 0.550 e. The summed E-state index contributed by atoms with van der Waals surface area (Å²) >= 11 is 12.2. The van der Waals surface area contributed by atoms with Gasteiger partial charge in [0.2, 0.25) is 0 Å². The summed E-state index contributed by atoms with van der Waals surface area (Å²) in [6, 6.07) is 5.63. The quantitative estimate of drug-likeness (QED) is 0.535. The Kier molecular flexibility index (Phi) is 8.76. The summed E-state index contributed by atoms with van der Waals surface area (Å²) in [5.41, 5.74) is 1.09. The minimum atomic E-state index is -0.963. The zero-order valence-electron chi connectivity index (χ0n) is 13.1. The maximum atomic E-state index is 10.6. The Hall–Kier alpha value is 0.230. The predicted octanol–water partition coefficient (Wildman–Crippen LogP) is 0.0282. The summed E-state index contributed by atoms with van der Waals surface area (Å²) < 4.78 is 0.925. The molecule has 1 aromatic carbocycles. The predicted molar refractivity (Wildman–Crippen MR) is 83.1 cm³/mol. The molecule has 0 saturated carbocycles. The van der Waals surface area contributed by atoms with E-state index >= 15 is 0 Å². The molecule has 2 rings (SSSR count). The molecular weight excluding hydrogens is 332 g/mol. The summed E-state index contributed by atoms with van der Waals surface area (Å²) in [7, 11) is 0. The summed E-state index contributed by atoms with van der Waals surface area (Å²) in [6.07, 6.45) is 4.43. The van der Waals surface area contributed by atoms with Gasteiger partial charge >= 0.3 is 29.6 Å². The number of piperidine rings is 1. The van der Waals surface area contributed by atoms with E-state index in [2.05, 4.69) is 0 Å². The zero-order valence-corrected chi connectivity index (χ0v) is 16.6. The first-order valence-electron chi connectivity index (χ1n) is 7.50. The van der Waals surface area contributed by atoms with Crippen LogP contribution in [0, 0.1) is 0 Å². The van der Waals surface area contributed by atoms with Gasteiger partial charge in [0, 0.05) is 23.0 Å². The molecule has 0 unspecified atom stereocenters. The van der Waals surface area contributed by atoms with Gasteiger partial charge in [0.1, 0.15) is 6.54 Å². The van der Waals surface area contributed by atoms with Crippen molar-refractivity contribution in [2.45, 2.75) is 38.6 Å². The average Bonchev–Trinajstić information content (AvgIpc) is 2.43. The van der Waals surface area contributed by atoms with Crippen molar-refractivity contribution in [3.8, 4) is 0 Å². The van der Waals surface area contributed by atoms with Crippen LogP contribution in [0.1, 0.15) is 37.7 Å². The monoisotopic (exact) mass is 352 g/mol. The zero-order chi connectivity index (χ0) is 15.3. The van der Waals surface area contributed by atoms with E-state index in [9.17, 15) is 9.90 Å². The molecule has 0 bridgehead atoms. The third kappa shape index (κ3) is 6.03. The van der Waals surface area contributed by atoms with E-state index in [0.29, 0.717) is 16.5 Å². The second kappa shape index (κ2) is 9.51. The van der Waals surface area contributed by atoms with Gasteiger partial charge in [0.15, 0.2) is 0 Å². The van der Waals surface area contributed by atoms with Crippen LogP contribution in [0.4, 0.5) is 0 Å². The Morgan fingerprint density at radius 2 is 1.86 bits per heavy atom. The first-order valence-corrected chi connectivity index (χ1v) is 8.25. The van der Waals surface area contributed by atoms with Gasteiger partial charge in [-0.15, -0.1) is 0 Å². The Morgan fingerprint density at radius 1 is 1.18 bits per heavy atom. The molecule has 0 N–H and O–H groups in total. The minimum Gasteiger partial charge on any atom is -0.550 e. The van der Waals surface area contributed by atoms with Gasteiger partial charge in [-0.3, -0.25) is 0 Å². The number of hydrogen-bond donors (Lipinski definition) is 0. The van der Waals surface area contributed by atoms with Crippen molar-refractivity contribution in [2.75, 3.05) is 19.6 Å². The second-order valence-corrected chi connectivity index (χ2v) is 6.79. The van der Waals surface area contributed by atoms with Crippen molar-refractivity contribution < 1.29 is 43.9 Å². The normalized spacial score (nSPS) is 16.8. The van der Waals surface area contributed by atoms with Crippen molar-refractivity contribution in [1.82, 2.24) is 0 Å². The number of nitrogens with zero attached hydrogens (tertiary/aromatic N) is 1. The molecule has 0 aromatic heterocycles. The van der Waals surface area contributed by atoms with Crippen LogP contribution in [0.25, 0.3) is 0 Å². The molecule has 0 spiro atoms. The Morgan fingerprint density at radius 3 is 2.45 bits per heavy atom. The van der Waals surface area contributed by atoms with Gasteiger partial charge in [0.25, 0.3) is 0 Å². The number of halogens is 2. The second-order valence-electron chi connectivity index (χ2n) is 5.94. The maximum Gasteiger partial charge on any atom is 1.00 e. The van der Waals surface area contributed by atoms with E-state index in [-0.39, 0.29) is 36.0 Å². The van der Waals surface area contributed by atoms with Crippen LogP contribution in [-0.4, -0.2) is 30.1 Å². The number of carbonyl (C=O) groups is 1. The third-order valence-corrected chi connectivity index (χ3v) is 4.89. The Bertz CT molecular complexity index is 505. The first kappa shape index (κ1) is 20.3. The number of carboxylic acids is 1. The number of quaternary nitrogens is 1. The van der Waals surface area contributed by atoms with Crippen LogP contribution in [0.2, 0.25) is 10.0 Å². The van der Waals surface area contributed by atoms with E-state index in [0.717, 1.165) is 36.2 Å². The van der Waals surface area contributed by atoms with Crippen LogP contribution in [-0.2, 0) is 11.3 Å². The molecule has 3 nitrogen and oxygen atoms in total. The largest absolute Gasteiger partial charge is 1.00 e. The topological polar surface area (TPSA) is 40.1 Å². The summed E-state index contributed by atoms with van der Waals surface area (Å²) in [4.78, 5) is 10.6. The van der Waals surface area contributed by atoms with E-state index in [1.807, 2.05) is 12.1 Å². The average molecular weight is 353 g/mol. The van der Waals surface area contributed by atoms with Gasteiger partial charge < -0.3 is 14.4 Å². The number of hydrogen-bond acceptors (Lipinski definition) is 2. The van der Waals surface area contributed by atoms with Crippen molar-refractivity contribution >= 4 is 29.2 Å². The van der Waals surface area contributed by atoms with Crippen LogP contribution >= 0.6 is 23.2 Å². The SMILES string of the molecule is O=C([O-])CCC[N+]1(Cc2ccc(Cl)cc2Cl)CCCCC1.[Na+]. The Balaban J connectivity index is 0.00000242. The third-order valence-electron chi connectivity index (χ3n) is 4.30.